The summed E-state index contributed by atoms with van der Waals surface area (Å²) in [5.74, 6) is 1.11. The Morgan fingerprint density at radius 3 is 2.67 bits per heavy atom. The summed E-state index contributed by atoms with van der Waals surface area (Å²) in [7, 11) is 2.35. The van der Waals surface area contributed by atoms with Crippen LogP contribution in [0.5, 0.6) is 0 Å². The van der Waals surface area contributed by atoms with Crippen LogP contribution in [0.4, 0.5) is 0 Å². The van der Waals surface area contributed by atoms with Gasteiger partial charge in [-0.05, 0) is 25.2 Å². The summed E-state index contributed by atoms with van der Waals surface area (Å²) in [5, 5.41) is 0. The van der Waals surface area contributed by atoms with Gasteiger partial charge in [-0.3, -0.25) is 4.79 Å². The first-order chi connectivity index (χ1) is 10.1. The molecule has 0 bridgehead atoms. The van der Waals surface area contributed by atoms with E-state index in [1.807, 2.05) is 30.3 Å². The molecule has 3 rings (SSSR count). The molecule has 0 aromatic heterocycles. The minimum absolute atomic E-state index is 0.177. The van der Waals surface area contributed by atoms with Crippen molar-refractivity contribution in [1.82, 2.24) is 0 Å². The van der Waals surface area contributed by atoms with Crippen molar-refractivity contribution in [2.45, 2.75) is 57.5 Å². The van der Waals surface area contributed by atoms with Gasteiger partial charge in [0.2, 0.25) is 5.78 Å². The van der Waals surface area contributed by atoms with Crippen LogP contribution in [0, 0.1) is 5.92 Å². The van der Waals surface area contributed by atoms with Gasteiger partial charge < -0.3 is 4.48 Å². The number of hydrogen-bond donors (Lipinski definition) is 0. The van der Waals surface area contributed by atoms with Crippen LogP contribution in [-0.2, 0) is 0 Å². The van der Waals surface area contributed by atoms with Crippen molar-refractivity contribution in [3.63, 3.8) is 0 Å². The molecule has 0 radical (unpaired) electrons. The number of carbonyl (C=O) groups is 1. The maximum atomic E-state index is 13.1. The van der Waals surface area contributed by atoms with Gasteiger partial charge in [0.1, 0.15) is 0 Å². The van der Waals surface area contributed by atoms with E-state index < -0.39 is 0 Å². The quantitative estimate of drug-likeness (QED) is 0.605. The van der Waals surface area contributed by atoms with E-state index in [0.717, 1.165) is 22.4 Å². The van der Waals surface area contributed by atoms with E-state index in [0.29, 0.717) is 11.8 Å². The van der Waals surface area contributed by atoms with E-state index in [2.05, 4.69) is 14.0 Å². The first-order valence-corrected chi connectivity index (χ1v) is 8.59. The third-order valence-electron chi connectivity index (χ3n) is 6.07. The van der Waals surface area contributed by atoms with E-state index in [4.69, 9.17) is 0 Å². The maximum absolute atomic E-state index is 13.1. The van der Waals surface area contributed by atoms with E-state index in [-0.39, 0.29) is 6.04 Å². The molecule has 2 heterocycles. The van der Waals surface area contributed by atoms with Crippen LogP contribution in [0.15, 0.2) is 30.3 Å². The first kappa shape index (κ1) is 14.8. The molecule has 2 heteroatoms. The Balaban J connectivity index is 1.91. The summed E-state index contributed by atoms with van der Waals surface area (Å²) in [4.78, 5) is 13.1. The summed E-state index contributed by atoms with van der Waals surface area (Å²) < 4.78 is 1.00. The van der Waals surface area contributed by atoms with Crippen LogP contribution in [0.3, 0.4) is 0 Å². The van der Waals surface area contributed by atoms with Crippen LogP contribution < -0.4 is 0 Å². The fraction of sp³-hybridized carbons (Fsp3) is 0.632. The van der Waals surface area contributed by atoms with Crippen molar-refractivity contribution in [3.05, 3.63) is 35.9 Å². The lowest BCUT2D eigenvalue weighted by molar-refractivity contribution is -0.958. The molecule has 1 aromatic rings. The Labute approximate surface area is 128 Å². The molecular formula is C19H28NO+. The molecule has 0 amide bonds. The highest BCUT2D eigenvalue weighted by atomic mass is 16.1. The van der Waals surface area contributed by atoms with Crippen LogP contribution in [-0.4, -0.2) is 35.9 Å². The van der Waals surface area contributed by atoms with E-state index in [1.165, 1.54) is 38.6 Å². The highest BCUT2D eigenvalue weighted by Gasteiger charge is 2.50. The zero-order valence-corrected chi connectivity index (χ0v) is 13.4. The Kier molecular flexibility index (Phi) is 4.17. The van der Waals surface area contributed by atoms with E-state index in [1.54, 1.807) is 0 Å². The summed E-state index contributed by atoms with van der Waals surface area (Å²) in [6.45, 7) is 3.47. The fourth-order valence-corrected chi connectivity index (χ4v) is 4.62. The van der Waals surface area contributed by atoms with Crippen molar-refractivity contribution in [3.8, 4) is 0 Å². The van der Waals surface area contributed by atoms with Gasteiger partial charge in [0.15, 0.2) is 6.04 Å². The number of fused-ring (bicyclic) bond motifs is 1. The minimum atomic E-state index is 0.177. The number of nitrogens with zero attached hydrogens (tertiary/aromatic N) is 1. The normalized spacial score (nSPS) is 36.0. The van der Waals surface area contributed by atoms with Crippen molar-refractivity contribution in [1.29, 1.82) is 0 Å². The predicted molar refractivity (Wildman–Crippen MR) is 86.3 cm³/mol. The van der Waals surface area contributed by atoms with Crippen LogP contribution >= 0.6 is 0 Å². The molecule has 2 saturated heterocycles. The lowest BCUT2D eigenvalue weighted by Crippen LogP contribution is -2.66. The van der Waals surface area contributed by atoms with Crippen molar-refractivity contribution < 1.29 is 9.28 Å². The van der Waals surface area contributed by atoms with E-state index in [9.17, 15) is 4.79 Å². The molecule has 0 N–H and O–H groups in total. The van der Waals surface area contributed by atoms with Crippen molar-refractivity contribution >= 4 is 5.78 Å². The molecular weight excluding hydrogens is 258 g/mol. The molecule has 0 spiro atoms. The first-order valence-electron chi connectivity index (χ1n) is 8.59. The van der Waals surface area contributed by atoms with Crippen molar-refractivity contribution in [2.24, 2.45) is 5.92 Å². The molecule has 2 aliphatic heterocycles. The zero-order chi connectivity index (χ0) is 14.9. The van der Waals surface area contributed by atoms with Gasteiger partial charge in [-0.15, -0.1) is 0 Å². The van der Waals surface area contributed by atoms with Gasteiger partial charge >= 0.3 is 0 Å². The Morgan fingerprint density at radius 1 is 1.19 bits per heavy atom. The monoisotopic (exact) mass is 286 g/mol. The molecule has 4 atom stereocenters. The second-order valence-electron chi connectivity index (χ2n) is 7.21. The summed E-state index contributed by atoms with van der Waals surface area (Å²) >= 11 is 0. The van der Waals surface area contributed by atoms with Crippen molar-refractivity contribution in [2.75, 3.05) is 13.6 Å². The van der Waals surface area contributed by atoms with Gasteiger partial charge in [0.05, 0.1) is 19.6 Å². The molecule has 114 valence electrons. The number of rotatable bonds is 3. The number of carbonyl (C=O) groups excluding carboxylic acids is 1. The second-order valence-corrected chi connectivity index (χ2v) is 7.21. The van der Waals surface area contributed by atoms with Gasteiger partial charge in [-0.2, -0.15) is 0 Å². The van der Waals surface area contributed by atoms with Gasteiger partial charge in [-0.25, -0.2) is 0 Å². The summed E-state index contributed by atoms with van der Waals surface area (Å²) in [6, 6.07) is 10.8. The third-order valence-corrected chi connectivity index (χ3v) is 6.07. The largest absolute Gasteiger partial charge is 0.315 e. The topological polar surface area (TPSA) is 17.1 Å². The summed E-state index contributed by atoms with van der Waals surface area (Å²) in [5.41, 5.74) is 0.905. The lowest BCUT2D eigenvalue weighted by Gasteiger charge is -2.54. The number of likely N-dealkylation sites (N-methyl/N-ethyl adjacent to an activating group) is 1. The Morgan fingerprint density at radius 2 is 1.95 bits per heavy atom. The Hall–Kier alpha value is -1.15. The SMILES string of the molecule is CCC1CC2CCCC[N+]2(C)C(C(=O)c2ccccc2)C1. The van der Waals surface area contributed by atoms with Crippen LogP contribution in [0.25, 0.3) is 0 Å². The predicted octanol–water partition coefficient (Wildman–Crippen LogP) is 4.06. The van der Waals surface area contributed by atoms with Crippen LogP contribution in [0.2, 0.25) is 0 Å². The molecule has 4 unspecified atom stereocenters. The second kappa shape index (κ2) is 5.92. The standard InChI is InChI=1S/C19H28NO/c1-3-15-13-17-11-7-8-12-20(17,2)18(14-15)19(21)16-9-5-4-6-10-16/h4-6,9-10,15,17-18H,3,7-8,11-14H2,1-2H3/q+1. The fourth-order valence-electron chi connectivity index (χ4n) is 4.62. The number of hydrogen-bond acceptors (Lipinski definition) is 1. The van der Waals surface area contributed by atoms with E-state index >= 15 is 0 Å². The molecule has 0 saturated carbocycles. The molecule has 1 aromatic carbocycles. The maximum Gasteiger partial charge on any atom is 0.220 e. The smallest absolute Gasteiger partial charge is 0.220 e. The number of ketones is 1. The highest BCUT2D eigenvalue weighted by Crippen LogP contribution is 2.41. The molecule has 0 aliphatic carbocycles. The number of piperidine rings is 2. The third kappa shape index (κ3) is 2.66. The summed E-state index contributed by atoms with van der Waals surface area (Å²) in [6.07, 6.45) is 7.56. The number of quaternary nitrogens is 1. The molecule has 2 aliphatic rings. The van der Waals surface area contributed by atoms with Gasteiger partial charge in [-0.1, -0.05) is 43.7 Å². The minimum Gasteiger partial charge on any atom is -0.315 e. The van der Waals surface area contributed by atoms with Gasteiger partial charge in [0.25, 0.3) is 0 Å². The molecule has 21 heavy (non-hydrogen) atoms. The molecule has 2 nitrogen and oxygen atoms in total. The van der Waals surface area contributed by atoms with Gasteiger partial charge in [0, 0.05) is 18.4 Å². The lowest BCUT2D eigenvalue weighted by atomic mass is 9.76. The average Bonchev–Trinajstić information content (AvgIpc) is 2.53. The van der Waals surface area contributed by atoms with Crippen LogP contribution in [0.1, 0.15) is 55.8 Å². The highest BCUT2D eigenvalue weighted by molar-refractivity contribution is 5.99. The Bertz CT molecular complexity index is 498. The average molecular weight is 286 g/mol. The number of Topliss-reactive ketones (excluding diaryl/α,β-unsaturated/α-hetero) is 1. The zero-order valence-electron chi connectivity index (χ0n) is 13.4. The number of benzene rings is 1. The molecule has 2 fully saturated rings.